The fourth-order valence-corrected chi connectivity index (χ4v) is 1.96. The predicted octanol–water partition coefficient (Wildman–Crippen LogP) is 2.00. The van der Waals surface area contributed by atoms with Gasteiger partial charge in [-0.25, -0.2) is 0 Å². The van der Waals surface area contributed by atoms with Crippen molar-refractivity contribution >= 4 is 17.3 Å². The molecule has 0 radical (unpaired) electrons. The van der Waals surface area contributed by atoms with E-state index in [0.29, 0.717) is 23.6 Å². The van der Waals surface area contributed by atoms with Gasteiger partial charge in [0.2, 0.25) is 0 Å². The third-order valence-electron chi connectivity index (χ3n) is 2.95. The molecule has 0 spiro atoms. The summed E-state index contributed by atoms with van der Waals surface area (Å²) in [7, 11) is 0. The van der Waals surface area contributed by atoms with Crippen LogP contribution >= 0.6 is 0 Å². The monoisotopic (exact) mass is 248 g/mol. The van der Waals surface area contributed by atoms with Crippen molar-refractivity contribution in [2.75, 3.05) is 11.9 Å². The van der Waals surface area contributed by atoms with E-state index < -0.39 is 0 Å². The van der Waals surface area contributed by atoms with Crippen LogP contribution in [0, 0.1) is 0 Å². The summed E-state index contributed by atoms with van der Waals surface area (Å²) in [5.41, 5.74) is 1.79. The van der Waals surface area contributed by atoms with Crippen LogP contribution in [-0.4, -0.2) is 29.5 Å². The minimum atomic E-state index is -0.371. The van der Waals surface area contributed by atoms with E-state index in [1.165, 1.54) is 0 Å². The van der Waals surface area contributed by atoms with Crippen molar-refractivity contribution < 1.29 is 14.7 Å². The Morgan fingerprint density at radius 2 is 2.28 bits per heavy atom. The molecule has 0 saturated carbocycles. The number of anilines is 1. The van der Waals surface area contributed by atoms with Gasteiger partial charge in [-0.2, -0.15) is 0 Å². The van der Waals surface area contributed by atoms with E-state index in [1.54, 1.807) is 19.1 Å². The summed E-state index contributed by atoms with van der Waals surface area (Å²) in [4.78, 5) is 11.9. The van der Waals surface area contributed by atoms with E-state index in [2.05, 4.69) is 10.5 Å². The Hall–Kier alpha value is -1.88. The Labute approximate surface area is 105 Å². The number of carbonyl (C=O) groups excluding carboxylic acids is 1. The van der Waals surface area contributed by atoms with Crippen LogP contribution in [0.15, 0.2) is 29.4 Å². The van der Waals surface area contributed by atoms with E-state index >= 15 is 0 Å². The molecule has 0 aromatic heterocycles. The van der Waals surface area contributed by atoms with E-state index in [0.717, 1.165) is 12.8 Å². The van der Waals surface area contributed by atoms with Crippen molar-refractivity contribution in [1.82, 2.24) is 0 Å². The Bertz CT molecular complexity index is 465. The fraction of sp³-hybridized carbons (Fsp3) is 0.385. The van der Waals surface area contributed by atoms with Crippen molar-refractivity contribution in [3.8, 4) is 0 Å². The molecule has 5 heteroatoms. The molecule has 18 heavy (non-hydrogen) atoms. The van der Waals surface area contributed by atoms with Gasteiger partial charge in [0.25, 0.3) is 5.91 Å². The van der Waals surface area contributed by atoms with Gasteiger partial charge in [0.1, 0.15) is 6.10 Å². The van der Waals surface area contributed by atoms with E-state index in [1.807, 2.05) is 12.1 Å². The number of amides is 1. The van der Waals surface area contributed by atoms with Crippen LogP contribution in [-0.2, 0) is 9.53 Å². The number of nitrogens with zero attached hydrogens (tertiary/aromatic N) is 1. The zero-order valence-electron chi connectivity index (χ0n) is 10.2. The summed E-state index contributed by atoms with van der Waals surface area (Å²) in [5, 5.41) is 14.8. The molecule has 96 valence electrons. The molecular weight excluding hydrogens is 232 g/mol. The average Bonchev–Trinajstić information content (AvgIpc) is 2.92. The lowest BCUT2D eigenvalue weighted by atomic mass is 10.1. The van der Waals surface area contributed by atoms with Crippen molar-refractivity contribution in [2.24, 2.45) is 5.16 Å². The Balaban J connectivity index is 2.15. The lowest BCUT2D eigenvalue weighted by molar-refractivity contribution is -0.124. The van der Waals surface area contributed by atoms with Gasteiger partial charge in [-0.15, -0.1) is 0 Å². The van der Waals surface area contributed by atoms with Crippen molar-refractivity contribution in [1.29, 1.82) is 0 Å². The van der Waals surface area contributed by atoms with E-state index in [-0.39, 0.29) is 12.0 Å². The molecule has 1 aromatic carbocycles. The Morgan fingerprint density at radius 1 is 1.50 bits per heavy atom. The third kappa shape index (κ3) is 2.68. The smallest absolute Gasteiger partial charge is 0.253 e. The Morgan fingerprint density at radius 3 is 2.94 bits per heavy atom. The zero-order valence-corrected chi connectivity index (χ0v) is 10.2. The largest absolute Gasteiger partial charge is 0.411 e. The SMILES string of the molecule is C/C(=N\O)c1ccccc1NC(=O)C1CCCO1. The minimum absolute atomic E-state index is 0.148. The van der Waals surface area contributed by atoms with Gasteiger partial charge in [0.05, 0.1) is 5.71 Å². The molecule has 1 fully saturated rings. The first-order valence-corrected chi connectivity index (χ1v) is 5.93. The Kier molecular flexibility index (Phi) is 3.94. The first kappa shape index (κ1) is 12.6. The number of hydrogen-bond acceptors (Lipinski definition) is 4. The van der Waals surface area contributed by atoms with Crippen molar-refractivity contribution in [3.05, 3.63) is 29.8 Å². The summed E-state index contributed by atoms with van der Waals surface area (Å²) in [6.07, 6.45) is 1.29. The van der Waals surface area contributed by atoms with E-state index in [4.69, 9.17) is 9.94 Å². The second kappa shape index (κ2) is 5.64. The molecule has 0 aliphatic carbocycles. The van der Waals surface area contributed by atoms with Gasteiger partial charge in [-0.05, 0) is 25.8 Å². The van der Waals surface area contributed by atoms with Crippen LogP contribution in [0.2, 0.25) is 0 Å². The molecule has 2 N–H and O–H groups in total. The van der Waals surface area contributed by atoms with Gasteiger partial charge >= 0.3 is 0 Å². The maximum atomic E-state index is 11.9. The van der Waals surface area contributed by atoms with Crippen LogP contribution in [0.25, 0.3) is 0 Å². The molecule has 1 heterocycles. The first-order valence-electron chi connectivity index (χ1n) is 5.93. The summed E-state index contributed by atoms with van der Waals surface area (Å²) in [6, 6.07) is 7.21. The van der Waals surface area contributed by atoms with Crippen LogP contribution in [0.5, 0.6) is 0 Å². The summed E-state index contributed by atoms with van der Waals surface area (Å²) in [6.45, 7) is 2.31. The number of hydrogen-bond donors (Lipinski definition) is 2. The predicted molar refractivity (Wildman–Crippen MR) is 68.0 cm³/mol. The molecule has 1 aliphatic rings. The molecule has 1 saturated heterocycles. The number of ether oxygens (including phenoxy) is 1. The van der Waals surface area contributed by atoms with Gasteiger partial charge in [0, 0.05) is 17.9 Å². The molecule has 1 amide bonds. The summed E-state index contributed by atoms with van der Waals surface area (Å²) in [5.74, 6) is -0.148. The van der Waals surface area contributed by atoms with Crippen molar-refractivity contribution in [2.45, 2.75) is 25.9 Å². The van der Waals surface area contributed by atoms with Gasteiger partial charge in [0.15, 0.2) is 0 Å². The van der Waals surface area contributed by atoms with Crippen molar-refractivity contribution in [3.63, 3.8) is 0 Å². The van der Waals surface area contributed by atoms with Gasteiger partial charge in [-0.1, -0.05) is 23.4 Å². The molecule has 1 aromatic rings. The maximum Gasteiger partial charge on any atom is 0.253 e. The highest BCUT2D eigenvalue weighted by Crippen LogP contribution is 2.19. The zero-order chi connectivity index (χ0) is 13.0. The average molecular weight is 248 g/mol. The number of carbonyl (C=O) groups is 1. The second-order valence-corrected chi connectivity index (χ2v) is 4.22. The molecule has 5 nitrogen and oxygen atoms in total. The van der Waals surface area contributed by atoms with Crippen LogP contribution < -0.4 is 5.32 Å². The van der Waals surface area contributed by atoms with Crippen LogP contribution in [0.4, 0.5) is 5.69 Å². The minimum Gasteiger partial charge on any atom is -0.411 e. The normalized spacial score (nSPS) is 19.8. The van der Waals surface area contributed by atoms with Crippen LogP contribution in [0.3, 0.4) is 0 Å². The number of nitrogens with one attached hydrogen (secondary N) is 1. The highest BCUT2D eigenvalue weighted by Gasteiger charge is 2.24. The third-order valence-corrected chi connectivity index (χ3v) is 2.95. The molecule has 1 aliphatic heterocycles. The fourth-order valence-electron chi connectivity index (χ4n) is 1.96. The van der Waals surface area contributed by atoms with Gasteiger partial charge < -0.3 is 15.3 Å². The van der Waals surface area contributed by atoms with Gasteiger partial charge in [-0.3, -0.25) is 4.79 Å². The lowest BCUT2D eigenvalue weighted by Gasteiger charge is -2.13. The standard InChI is InChI=1S/C13H16N2O3/c1-9(15-17)10-5-2-3-6-11(10)14-13(16)12-7-4-8-18-12/h2-3,5-6,12,17H,4,7-8H2,1H3,(H,14,16)/b15-9+. The molecular formula is C13H16N2O3. The molecule has 1 atom stereocenters. The molecule has 0 bridgehead atoms. The highest BCUT2D eigenvalue weighted by atomic mass is 16.5. The van der Waals surface area contributed by atoms with Crippen LogP contribution in [0.1, 0.15) is 25.3 Å². The topological polar surface area (TPSA) is 70.9 Å². The lowest BCUT2D eigenvalue weighted by Crippen LogP contribution is -2.27. The summed E-state index contributed by atoms with van der Waals surface area (Å²) < 4.78 is 5.32. The second-order valence-electron chi connectivity index (χ2n) is 4.22. The number of oxime groups is 1. The molecule has 2 rings (SSSR count). The number of benzene rings is 1. The number of rotatable bonds is 3. The van der Waals surface area contributed by atoms with E-state index in [9.17, 15) is 4.79 Å². The first-order chi connectivity index (χ1) is 8.72. The summed E-state index contributed by atoms with van der Waals surface area (Å²) >= 11 is 0. The highest BCUT2D eigenvalue weighted by molar-refractivity contribution is 6.06. The molecule has 1 unspecified atom stereocenters. The quantitative estimate of drug-likeness (QED) is 0.488. The maximum absolute atomic E-state index is 11.9. The number of para-hydroxylation sites is 1.